The van der Waals surface area contributed by atoms with Crippen molar-refractivity contribution in [2.24, 2.45) is 0 Å². The molecule has 0 fully saturated rings. The molecule has 0 saturated heterocycles. The second-order valence-electron chi connectivity index (χ2n) is 4.77. The Bertz CT molecular complexity index is 661. The SMILES string of the molecule is C=C(C)C(=O)[N-]c1ccccn1.C=C(C)C(=O)[N-]c1ccccn1.O.O.[Cu+2]. The molecule has 0 aliphatic rings. The van der Waals surface area contributed by atoms with Crippen LogP contribution in [0.25, 0.3) is 10.6 Å². The molecule has 27 heavy (non-hydrogen) atoms. The Balaban J connectivity index is -0.000000384. The van der Waals surface area contributed by atoms with Gasteiger partial charge >= 0.3 is 17.1 Å². The standard InChI is InChI=1S/2C9H10N2O.Cu.2H2O/c2*1-7(2)9(12)11-8-5-3-4-6-10-8;;;/h2*3-6H,1H2,2H3,(H,10,11,12);;2*1H2/q;;+2;;/p-2. The van der Waals surface area contributed by atoms with E-state index in [4.69, 9.17) is 0 Å². The molecule has 0 atom stereocenters. The third-order valence-electron chi connectivity index (χ3n) is 2.46. The molecule has 0 saturated carbocycles. The Morgan fingerprint density at radius 3 is 1.33 bits per heavy atom. The Morgan fingerprint density at radius 2 is 1.11 bits per heavy atom. The summed E-state index contributed by atoms with van der Waals surface area (Å²) in [6.45, 7) is 10.2. The topological polar surface area (TPSA) is 151 Å². The van der Waals surface area contributed by atoms with E-state index in [0.717, 1.165) is 0 Å². The van der Waals surface area contributed by atoms with Crippen LogP contribution in [0.1, 0.15) is 13.8 Å². The fraction of sp³-hybridized carbons (Fsp3) is 0.111. The van der Waals surface area contributed by atoms with Crippen molar-refractivity contribution in [1.82, 2.24) is 9.97 Å². The molecule has 2 aromatic rings. The molecule has 2 amide bonds. The van der Waals surface area contributed by atoms with Gasteiger partial charge in [-0.15, -0.1) is 0 Å². The van der Waals surface area contributed by atoms with Crippen LogP contribution in [0.3, 0.4) is 0 Å². The second kappa shape index (κ2) is 15.4. The zero-order valence-corrected chi connectivity index (χ0v) is 15.9. The largest absolute Gasteiger partial charge is 2.00 e. The molecule has 0 aliphatic heterocycles. The Kier molecular flexibility index (Phi) is 16.5. The van der Waals surface area contributed by atoms with E-state index in [1.54, 1.807) is 62.6 Å². The van der Waals surface area contributed by atoms with E-state index < -0.39 is 0 Å². The number of nitrogens with zero attached hydrogens (tertiary/aromatic N) is 4. The van der Waals surface area contributed by atoms with E-state index in [0.29, 0.717) is 22.8 Å². The molecular formula is C18H22CuN4O4. The first-order valence-electron chi connectivity index (χ1n) is 7.05. The van der Waals surface area contributed by atoms with Gasteiger partial charge in [-0.2, -0.15) is 0 Å². The van der Waals surface area contributed by atoms with Crippen LogP contribution in [0, 0.1) is 0 Å². The minimum Gasteiger partial charge on any atom is -0.443 e. The first-order chi connectivity index (χ1) is 11.4. The molecule has 4 N–H and O–H groups in total. The summed E-state index contributed by atoms with van der Waals surface area (Å²) in [4.78, 5) is 29.8. The summed E-state index contributed by atoms with van der Waals surface area (Å²) in [7, 11) is 0. The summed E-state index contributed by atoms with van der Waals surface area (Å²) >= 11 is 0. The minimum absolute atomic E-state index is 0. The average Bonchev–Trinajstić information content (AvgIpc) is 2.57. The van der Waals surface area contributed by atoms with E-state index in [2.05, 4.69) is 33.8 Å². The van der Waals surface area contributed by atoms with Gasteiger partial charge in [-0.3, -0.25) is 9.59 Å². The fourth-order valence-corrected chi connectivity index (χ4v) is 1.24. The van der Waals surface area contributed by atoms with Gasteiger partial charge in [0.2, 0.25) is 0 Å². The molecule has 0 aliphatic carbocycles. The van der Waals surface area contributed by atoms with Crippen molar-refractivity contribution in [3.05, 3.63) is 83.7 Å². The van der Waals surface area contributed by atoms with Crippen molar-refractivity contribution in [3.63, 3.8) is 0 Å². The smallest absolute Gasteiger partial charge is 0.443 e. The number of rotatable bonds is 4. The normalized spacial score (nSPS) is 8.07. The summed E-state index contributed by atoms with van der Waals surface area (Å²) in [5.41, 5.74) is 0.835. The molecule has 0 bridgehead atoms. The predicted octanol–water partition coefficient (Wildman–Crippen LogP) is 2.73. The third-order valence-corrected chi connectivity index (χ3v) is 2.46. The molecule has 0 spiro atoms. The molecule has 0 unspecified atom stereocenters. The fourth-order valence-electron chi connectivity index (χ4n) is 1.24. The Labute approximate surface area is 168 Å². The monoisotopic (exact) mass is 421 g/mol. The predicted molar refractivity (Wildman–Crippen MR) is 101 cm³/mol. The van der Waals surface area contributed by atoms with Crippen molar-refractivity contribution >= 4 is 23.5 Å². The van der Waals surface area contributed by atoms with Crippen LogP contribution in [0.5, 0.6) is 0 Å². The number of carbonyl (C=O) groups is 2. The number of hydrogen-bond donors (Lipinski definition) is 0. The quantitative estimate of drug-likeness (QED) is 0.550. The molecule has 0 aromatic carbocycles. The summed E-state index contributed by atoms with van der Waals surface area (Å²) in [5, 5.41) is 7.42. The molecule has 9 heteroatoms. The third kappa shape index (κ3) is 12.2. The summed E-state index contributed by atoms with van der Waals surface area (Å²) in [5.74, 6) is 0.193. The van der Waals surface area contributed by atoms with Gasteiger partial charge in [-0.1, -0.05) is 73.6 Å². The molecule has 2 heterocycles. The van der Waals surface area contributed by atoms with Gasteiger partial charge in [0.1, 0.15) is 0 Å². The number of pyridine rings is 2. The van der Waals surface area contributed by atoms with E-state index in [1.165, 1.54) is 0 Å². The zero-order chi connectivity index (χ0) is 17.9. The van der Waals surface area contributed by atoms with Gasteiger partial charge in [0, 0.05) is 0 Å². The van der Waals surface area contributed by atoms with Crippen LogP contribution in [-0.4, -0.2) is 32.7 Å². The van der Waals surface area contributed by atoms with Crippen LogP contribution < -0.4 is 0 Å². The molecule has 149 valence electrons. The maximum absolute atomic E-state index is 11.0. The van der Waals surface area contributed by atoms with E-state index in [1.807, 2.05) is 0 Å². The van der Waals surface area contributed by atoms with E-state index >= 15 is 0 Å². The van der Waals surface area contributed by atoms with E-state index in [-0.39, 0.29) is 39.8 Å². The summed E-state index contributed by atoms with van der Waals surface area (Å²) in [6, 6.07) is 10.4. The average molecular weight is 422 g/mol. The van der Waals surface area contributed by atoms with E-state index in [9.17, 15) is 9.59 Å². The first kappa shape index (κ1) is 28.9. The van der Waals surface area contributed by atoms with Gasteiger partial charge in [0.05, 0.1) is 0 Å². The van der Waals surface area contributed by atoms with Gasteiger partial charge in [-0.05, 0) is 25.0 Å². The molecule has 2 rings (SSSR count). The van der Waals surface area contributed by atoms with Gasteiger partial charge in [0.15, 0.2) is 11.8 Å². The van der Waals surface area contributed by atoms with Crippen LogP contribution in [0.15, 0.2) is 73.1 Å². The van der Waals surface area contributed by atoms with Gasteiger partial charge < -0.3 is 31.6 Å². The van der Waals surface area contributed by atoms with Crippen molar-refractivity contribution in [2.45, 2.75) is 13.8 Å². The van der Waals surface area contributed by atoms with Crippen molar-refractivity contribution < 1.29 is 37.6 Å². The van der Waals surface area contributed by atoms with Crippen LogP contribution in [-0.2, 0) is 26.7 Å². The van der Waals surface area contributed by atoms with Crippen molar-refractivity contribution in [1.29, 1.82) is 0 Å². The maximum Gasteiger partial charge on any atom is 2.00 e. The first-order valence-corrected chi connectivity index (χ1v) is 7.05. The van der Waals surface area contributed by atoms with Crippen LogP contribution >= 0.6 is 0 Å². The second-order valence-corrected chi connectivity index (χ2v) is 4.77. The van der Waals surface area contributed by atoms with Gasteiger partial charge in [0.25, 0.3) is 0 Å². The number of aromatic nitrogens is 2. The zero-order valence-electron chi connectivity index (χ0n) is 14.9. The molecular weight excluding hydrogens is 400 g/mol. The minimum atomic E-state index is -0.325. The Morgan fingerprint density at radius 1 is 0.778 bits per heavy atom. The molecule has 8 nitrogen and oxygen atoms in total. The maximum atomic E-state index is 11.0. The molecule has 2 aromatic heterocycles. The van der Waals surface area contributed by atoms with Crippen LogP contribution in [0.2, 0.25) is 0 Å². The number of amides is 2. The Hall–Kier alpha value is -2.84. The summed E-state index contributed by atoms with van der Waals surface area (Å²) in [6.07, 6.45) is 3.18. The van der Waals surface area contributed by atoms with Crippen LogP contribution in [0.4, 0.5) is 11.6 Å². The van der Waals surface area contributed by atoms with Crippen molar-refractivity contribution in [3.8, 4) is 0 Å². The number of hydrogen-bond acceptors (Lipinski definition) is 4. The number of carbonyl (C=O) groups excluding carboxylic acids is 2. The molecule has 1 radical (unpaired) electrons. The van der Waals surface area contributed by atoms with Crippen molar-refractivity contribution in [2.75, 3.05) is 0 Å². The van der Waals surface area contributed by atoms with Gasteiger partial charge in [-0.25, -0.2) is 0 Å². The summed E-state index contributed by atoms with van der Waals surface area (Å²) < 4.78 is 0.